The summed E-state index contributed by atoms with van der Waals surface area (Å²) in [5.41, 5.74) is 0. The molecule has 1 aromatic rings. The minimum Gasteiger partial charge on any atom is -0.248 e. The van der Waals surface area contributed by atoms with Gasteiger partial charge in [0.1, 0.15) is 5.01 Å². The van der Waals surface area contributed by atoms with Gasteiger partial charge in [0.2, 0.25) is 10.0 Å². The Kier molecular flexibility index (Phi) is 4.03. The van der Waals surface area contributed by atoms with Crippen LogP contribution in [-0.2, 0) is 16.6 Å². The van der Waals surface area contributed by atoms with Crippen molar-refractivity contribution in [1.82, 2.24) is 9.29 Å². The summed E-state index contributed by atoms with van der Waals surface area (Å²) >= 11 is 1.47. The lowest BCUT2D eigenvalue weighted by atomic mass is 10.6. The molecule has 6 heteroatoms. The highest BCUT2D eigenvalue weighted by atomic mass is 32.2. The monoisotopic (exact) mass is 234 g/mol. The summed E-state index contributed by atoms with van der Waals surface area (Å²) < 4.78 is 24.5. The van der Waals surface area contributed by atoms with E-state index in [0.717, 1.165) is 5.01 Å². The van der Waals surface area contributed by atoms with Crippen LogP contribution in [0.25, 0.3) is 0 Å². The molecule has 4 nitrogen and oxygen atoms in total. The van der Waals surface area contributed by atoms with Gasteiger partial charge in [0.15, 0.2) is 0 Å². The van der Waals surface area contributed by atoms with E-state index in [2.05, 4.69) is 4.98 Å². The molecule has 0 amide bonds. The van der Waals surface area contributed by atoms with Crippen molar-refractivity contribution in [3.05, 3.63) is 16.6 Å². The molecule has 1 rings (SSSR count). The number of hydrogen-bond donors (Lipinski definition) is 0. The maximum Gasteiger partial charge on any atom is 0.214 e. The summed E-state index contributed by atoms with van der Waals surface area (Å²) in [7, 11) is -1.50. The first kappa shape index (κ1) is 11.6. The van der Waals surface area contributed by atoms with Gasteiger partial charge in [-0.25, -0.2) is 13.4 Å². The van der Waals surface area contributed by atoms with E-state index in [4.69, 9.17) is 0 Å². The topological polar surface area (TPSA) is 50.3 Å². The maximum absolute atomic E-state index is 11.6. The van der Waals surface area contributed by atoms with Gasteiger partial charge in [-0.15, -0.1) is 11.3 Å². The fourth-order valence-corrected chi connectivity index (χ4v) is 2.93. The first-order valence-electron chi connectivity index (χ1n) is 4.38. The van der Waals surface area contributed by atoms with Crippen LogP contribution in [0.2, 0.25) is 0 Å². The molecular weight excluding hydrogens is 220 g/mol. The van der Waals surface area contributed by atoms with E-state index in [1.807, 2.05) is 12.3 Å². The van der Waals surface area contributed by atoms with Crippen molar-refractivity contribution in [2.24, 2.45) is 0 Å². The van der Waals surface area contributed by atoms with Crippen LogP contribution >= 0.6 is 11.3 Å². The second kappa shape index (κ2) is 4.86. The van der Waals surface area contributed by atoms with Gasteiger partial charge in [0.25, 0.3) is 0 Å². The van der Waals surface area contributed by atoms with Crippen molar-refractivity contribution in [2.75, 3.05) is 12.8 Å². The normalized spacial score (nSPS) is 12.2. The molecule has 0 aliphatic heterocycles. The van der Waals surface area contributed by atoms with Gasteiger partial charge >= 0.3 is 0 Å². The average Bonchev–Trinajstić information content (AvgIpc) is 2.56. The van der Waals surface area contributed by atoms with Gasteiger partial charge in [-0.05, 0) is 6.42 Å². The Balaban J connectivity index is 2.62. The van der Waals surface area contributed by atoms with Crippen LogP contribution in [0.4, 0.5) is 0 Å². The molecule has 0 aliphatic rings. The summed E-state index contributed by atoms with van der Waals surface area (Å²) in [6.07, 6.45) is 2.32. The van der Waals surface area contributed by atoms with Crippen molar-refractivity contribution in [2.45, 2.75) is 19.9 Å². The molecule has 0 aromatic carbocycles. The van der Waals surface area contributed by atoms with Gasteiger partial charge in [-0.1, -0.05) is 6.92 Å². The third-order valence-electron chi connectivity index (χ3n) is 1.78. The Morgan fingerprint density at radius 1 is 1.57 bits per heavy atom. The lowest BCUT2D eigenvalue weighted by molar-refractivity contribution is 0.465. The van der Waals surface area contributed by atoms with E-state index in [-0.39, 0.29) is 5.75 Å². The van der Waals surface area contributed by atoms with E-state index in [0.29, 0.717) is 13.0 Å². The zero-order valence-corrected chi connectivity index (χ0v) is 9.94. The van der Waals surface area contributed by atoms with Crippen molar-refractivity contribution < 1.29 is 8.42 Å². The van der Waals surface area contributed by atoms with E-state index >= 15 is 0 Å². The summed E-state index contributed by atoms with van der Waals surface area (Å²) in [5.74, 6) is 0.203. The van der Waals surface area contributed by atoms with Crippen LogP contribution in [0.15, 0.2) is 11.6 Å². The minimum absolute atomic E-state index is 0.203. The van der Waals surface area contributed by atoms with Crippen molar-refractivity contribution >= 4 is 21.4 Å². The molecule has 0 saturated carbocycles. The Morgan fingerprint density at radius 3 is 2.79 bits per heavy atom. The molecule has 0 N–H and O–H groups in total. The lowest BCUT2D eigenvalue weighted by Gasteiger charge is -2.14. The molecule has 0 bridgehead atoms. The number of thiazole rings is 1. The number of rotatable bonds is 5. The largest absolute Gasteiger partial charge is 0.248 e. The Morgan fingerprint density at radius 2 is 2.29 bits per heavy atom. The zero-order valence-electron chi connectivity index (χ0n) is 8.30. The third-order valence-corrected chi connectivity index (χ3v) is 4.55. The molecule has 1 aromatic heterocycles. The molecule has 0 saturated heterocycles. The van der Waals surface area contributed by atoms with Crippen LogP contribution in [0.1, 0.15) is 18.4 Å². The lowest BCUT2D eigenvalue weighted by Crippen LogP contribution is -2.28. The highest BCUT2D eigenvalue weighted by molar-refractivity contribution is 7.89. The van der Waals surface area contributed by atoms with E-state index in [1.165, 1.54) is 15.6 Å². The Labute approximate surface area is 88.6 Å². The molecule has 80 valence electrons. The second-order valence-electron chi connectivity index (χ2n) is 3.00. The SMILES string of the molecule is CCCS(=O)(=O)N(C)Cc1nccs1. The fraction of sp³-hybridized carbons (Fsp3) is 0.625. The van der Waals surface area contributed by atoms with Gasteiger partial charge in [0.05, 0.1) is 12.3 Å². The van der Waals surface area contributed by atoms with Crippen molar-refractivity contribution in [3.8, 4) is 0 Å². The summed E-state index contributed by atoms with van der Waals surface area (Å²) in [6.45, 7) is 2.23. The molecule has 14 heavy (non-hydrogen) atoms. The smallest absolute Gasteiger partial charge is 0.214 e. The number of hydrogen-bond acceptors (Lipinski definition) is 4. The Hall–Kier alpha value is -0.460. The van der Waals surface area contributed by atoms with Crippen LogP contribution < -0.4 is 0 Å². The predicted molar refractivity (Wildman–Crippen MR) is 57.7 cm³/mol. The molecule has 0 atom stereocenters. The van der Waals surface area contributed by atoms with Crippen molar-refractivity contribution in [3.63, 3.8) is 0 Å². The van der Waals surface area contributed by atoms with Crippen LogP contribution in [0.5, 0.6) is 0 Å². The minimum atomic E-state index is -3.09. The molecule has 0 spiro atoms. The number of aromatic nitrogens is 1. The first-order chi connectivity index (χ1) is 6.56. The van der Waals surface area contributed by atoms with E-state index < -0.39 is 10.0 Å². The van der Waals surface area contributed by atoms with Gasteiger partial charge < -0.3 is 0 Å². The summed E-state index contributed by atoms with van der Waals surface area (Å²) in [5, 5.41) is 2.67. The van der Waals surface area contributed by atoms with E-state index in [1.54, 1.807) is 13.2 Å². The molecule has 0 fully saturated rings. The van der Waals surface area contributed by atoms with Gasteiger partial charge in [-0.2, -0.15) is 4.31 Å². The maximum atomic E-state index is 11.6. The molecule has 0 unspecified atom stereocenters. The van der Waals surface area contributed by atoms with Crippen molar-refractivity contribution in [1.29, 1.82) is 0 Å². The number of nitrogens with zero attached hydrogens (tertiary/aromatic N) is 2. The Bertz CT molecular complexity index is 359. The van der Waals surface area contributed by atoms with Gasteiger partial charge in [-0.3, -0.25) is 0 Å². The molecule has 0 aliphatic carbocycles. The quantitative estimate of drug-likeness (QED) is 0.772. The number of sulfonamides is 1. The highest BCUT2D eigenvalue weighted by Crippen LogP contribution is 2.10. The standard InChI is InChI=1S/C8H14N2O2S2/c1-3-6-14(11,12)10(2)7-8-9-4-5-13-8/h4-5H,3,6-7H2,1-2H3. The van der Waals surface area contributed by atoms with Crippen LogP contribution in [-0.4, -0.2) is 30.5 Å². The average molecular weight is 234 g/mol. The van der Waals surface area contributed by atoms with Crippen LogP contribution in [0, 0.1) is 0 Å². The molecule has 1 heterocycles. The van der Waals surface area contributed by atoms with E-state index in [9.17, 15) is 8.42 Å². The molecular formula is C8H14N2O2S2. The predicted octanol–water partition coefficient (Wildman–Crippen LogP) is 1.31. The van der Waals surface area contributed by atoms with Crippen LogP contribution in [0.3, 0.4) is 0 Å². The zero-order chi connectivity index (χ0) is 10.6. The summed E-state index contributed by atoms with van der Waals surface area (Å²) in [6, 6.07) is 0. The third kappa shape index (κ3) is 3.04. The molecule has 0 radical (unpaired) electrons. The fourth-order valence-electron chi connectivity index (χ4n) is 1.03. The second-order valence-corrected chi connectivity index (χ2v) is 6.17. The first-order valence-corrected chi connectivity index (χ1v) is 6.87. The van der Waals surface area contributed by atoms with Gasteiger partial charge in [0, 0.05) is 18.6 Å². The summed E-state index contributed by atoms with van der Waals surface area (Å²) in [4.78, 5) is 4.04. The highest BCUT2D eigenvalue weighted by Gasteiger charge is 2.17.